The van der Waals surface area contributed by atoms with Crippen LogP contribution in [0.15, 0.2) is 53.3 Å². The molecular formula is C26H32N4O4. The van der Waals surface area contributed by atoms with E-state index >= 15 is 0 Å². The van der Waals surface area contributed by atoms with Crippen LogP contribution in [0.25, 0.3) is 16.6 Å². The van der Waals surface area contributed by atoms with Crippen LogP contribution in [0, 0.1) is 0 Å². The van der Waals surface area contributed by atoms with Crippen molar-refractivity contribution in [3.05, 3.63) is 70.3 Å². The van der Waals surface area contributed by atoms with E-state index in [0.717, 1.165) is 12.0 Å². The van der Waals surface area contributed by atoms with E-state index in [0.29, 0.717) is 35.4 Å². The van der Waals surface area contributed by atoms with Crippen LogP contribution in [0.4, 0.5) is 4.79 Å². The quantitative estimate of drug-likeness (QED) is 0.483. The standard InChI is InChI=1S/C26H32N4O4/c1-5-18-13-15-19(16-14-18)30-24(28-21-12-10-9-11-20(21)25(30)32)22(6-2)29(7-3)26(33)27-17-23(31)34-8-4/h9-16,22H,5-8,17H2,1-4H3,(H,27,33). The average molecular weight is 465 g/mol. The van der Waals surface area contributed by atoms with E-state index in [9.17, 15) is 14.4 Å². The summed E-state index contributed by atoms with van der Waals surface area (Å²) in [6.07, 6.45) is 1.42. The van der Waals surface area contributed by atoms with Gasteiger partial charge in [0.15, 0.2) is 0 Å². The maximum Gasteiger partial charge on any atom is 0.325 e. The predicted molar refractivity (Wildman–Crippen MR) is 132 cm³/mol. The zero-order chi connectivity index (χ0) is 24.7. The Balaban J connectivity index is 2.11. The molecule has 1 unspecified atom stereocenters. The highest BCUT2D eigenvalue weighted by Gasteiger charge is 2.28. The highest BCUT2D eigenvalue weighted by Crippen LogP contribution is 2.26. The molecule has 8 heteroatoms. The number of esters is 1. The van der Waals surface area contributed by atoms with E-state index in [2.05, 4.69) is 12.2 Å². The van der Waals surface area contributed by atoms with Gasteiger partial charge in [-0.2, -0.15) is 0 Å². The van der Waals surface area contributed by atoms with Crippen LogP contribution in [0.1, 0.15) is 51.5 Å². The molecule has 180 valence electrons. The molecule has 2 aromatic carbocycles. The molecule has 0 fully saturated rings. The minimum Gasteiger partial charge on any atom is -0.465 e. The Labute approximate surface area is 199 Å². The molecule has 3 rings (SSSR count). The minimum absolute atomic E-state index is 0.189. The molecular weight excluding hydrogens is 432 g/mol. The van der Waals surface area contributed by atoms with Gasteiger partial charge in [-0.25, -0.2) is 9.78 Å². The first-order chi connectivity index (χ1) is 16.4. The molecule has 0 saturated carbocycles. The first kappa shape index (κ1) is 25.0. The molecule has 0 aliphatic heterocycles. The lowest BCUT2D eigenvalue weighted by Crippen LogP contribution is -2.45. The number of carbonyl (C=O) groups is 2. The lowest BCUT2D eigenvalue weighted by molar-refractivity contribution is -0.141. The van der Waals surface area contributed by atoms with Crippen LogP contribution in [-0.4, -0.2) is 46.1 Å². The number of benzene rings is 2. The van der Waals surface area contributed by atoms with Crippen molar-refractivity contribution in [3.63, 3.8) is 0 Å². The van der Waals surface area contributed by atoms with Crippen molar-refractivity contribution < 1.29 is 14.3 Å². The van der Waals surface area contributed by atoms with Gasteiger partial charge in [-0.05, 0) is 56.5 Å². The van der Waals surface area contributed by atoms with Gasteiger partial charge in [0.1, 0.15) is 12.4 Å². The fraction of sp³-hybridized carbons (Fsp3) is 0.385. The molecule has 1 atom stereocenters. The van der Waals surface area contributed by atoms with E-state index in [4.69, 9.17) is 9.72 Å². The summed E-state index contributed by atoms with van der Waals surface area (Å²) in [4.78, 5) is 44.8. The van der Waals surface area contributed by atoms with E-state index in [-0.39, 0.29) is 18.7 Å². The molecule has 0 saturated heterocycles. The third-order valence-electron chi connectivity index (χ3n) is 5.76. The van der Waals surface area contributed by atoms with Crippen molar-refractivity contribution in [2.75, 3.05) is 19.7 Å². The number of aryl methyl sites for hydroxylation is 1. The topological polar surface area (TPSA) is 93.5 Å². The number of aromatic nitrogens is 2. The lowest BCUT2D eigenvalue weighted by Gasteiger charge is -2.31. The van der Waals surface area contributed by atoms with Gasteiger partial charge in [-0.3, -0.25) is 14.2 Å². The van der Waals surface area contributed by atoms with E-state index < -0.39 is 18.0 Å². The zero-order valence-corrected chi connectivity index (χ0v) is 20.2. The number of carbonyl (C=O) groups excluding carboxylic acids is 2. The summed E-state index contributed by atoms with van der Waals surface area (Å²) >= 11 is 0. The molecule has 8 nitrogen and oxygen atoms in total. The molecule has 0 spiro atoms. The van der Waals surface area contributed by atoms with E-state index in [1.54, 1.807) is 28.5 Å². The van der Waals surface area contributed by atoms with Gasteiger partial charge in [0.05, 0.1) is 29.2 Å². The predicted octanol–water partition coefficient (Wildman–Crippen LogP) is 3.99. The number of urea groups is 1. The molecule has 0 aliphatic rings. The van der Waals surface area contributed by atoms with Gasteiger partial charge in [-0.15, -0.1) is 0 Å². The monoisotopic (exact) mass is 464 g/mol. The third-order valence-corrected chi connectivity index (χ3v) is 5.76. The Morgan fingerprint density at radius 3 is 2.38 bits per heavy atom. The summed E-state index contributed by atoms with van der Waals surface area (Å²) in [5, 5.41) is 3.14. The normalized spacial score (nSPS) is 11.8. The average Bonchev–Trinajstić information content (AvgIpc) is 2.86. The Hall–Kier alpha value is -3.68. The Bertz CT molecular complexity index is 1200. The Kier molecular flexibility index (Phi) is 8.40. The number of rotatable bonds is 9. The number of ether oxygens (including phenoxy) is 1. The van der Waals surface area contributed by atoms with Gasteiger partial charge in [0.2, 0.25) is 0 Å². The fourth-order valence-electron chi connectivity index (χ4n) is 4.01. The summed E-state index contributed by atoms with van der Waals surface area (Å²) in [7, 11) is 0. The molecule has 2 amide bonds. The number of nitrogens with zero attached hydrogens (tertiary/aromatic N) is 3. The number of amides is 2. The molecule has 1 heterocycles. The molecule has 0 aliphatic carbocycles. The molecule has 0 bridgehead atoms. The smallest absolute Gasteiger partial charge is 0.325 e. The van der Waals surface area contributed by atoms with Gasteiger partial charge < -0.3 is 15.0 Å². The number of hydrogen-bond donors (Lipinski definition) is 1. The summed E-state index contributed by atoms with van der Waals surface area (Å²) in [5.41, 5.74) is 2.24. The second kappa shape index (κ2) is 11.4. The van der Waals surface area contributed by atoms with E-state index in [1.807, 2.05) is 50.2 Å². The third kappa shape index (κ3) is 5.27. The van der Waals surface area contributed by atoms with Gasteiger partial charge in [0.25, 0.3) is 5.56 Å². The molecule has 34 heavy (non-hydrogen) atoms. The van der Waals surface area contributed by atoms with Crippen LogP contribution in [0.5, 0.6) is 0 Å². The summed E-state index contributed by atoms with van der Waals surface area (Å²) in [5.74, 6) is -0.0275. The zero-order valence-electron chi connectivity index (χ0n) is 20.2. The fourth-order valence-corrected chi connectivity index (χ4v) is 4.01. The largest absolute Gasteiger partial charge is 0.465 e. The maximum atomic E-state index is 13.6. The number of hydrogen-bond acceptors (Lipinski definition) is 5. The Morgan fingerprint density at radius 2 is 1.76 bits per heavy atom. The van der Waals surface area contributed by atoms with Crippen molar-refractivity contribution in [3.8, 4) is 5.69 Å². The number of para-hydroxylation sites is 1. The summed E-state index contributed by atoms with van der Waals surface area (Å²) in [6.45, 7) is 7.97. The highest BCUT2D eigenvalue weighted by atomic mass is 16.5. The highest BCUT2D eigenvalue weighted by molar-refractivity contribution is 5.81. The van der Waals surface area contributed by atoms with Crippen molar-refractivity contribution >= 4 is 22.9 Å². The second-order valence-corrected chi connectivity index (χ2v) is 7.82. The second-order valence-electron chi connectivity index (χ2n) is 7.82. The summed E-state index contributed by atoms with van der Waals surface area (Å²) in [6, 6.07) is 14.1. The van der Waals surface area contributed by atoms with Crippen LogP contribution in [0.2, 0.25) is 0 Å². The van der Waals surface area contributed by atoms with Gasteiger partial charge in [0, 0.05) is 6.54 Å². The van der Waals surface area contributed by atoms with Crippen LogP contribution >= 0.6 is 0 Å². The van der Waals surface area contributed by atoms with Crippen LogP contribution < -0.4 is 10.9 Å². The lowest BCUT2D eigenvalue weighted by atomic mass is 10.1. The summed E-state index contributed by atoms with van der Waals surface area (Å²) < 4.78 is 6.50. The number of nitrogens with one attached hydrogen (secondary N) is 1. The van der Waals surface area contributed by atoms with Crippen molar-refractivity contribution in [2.45, 2.75) is 46.6 Å². The molecule has 0 radical (unpaired) electrons. The number of fused-ring (bicyclic) bond motifs is 1. The SMILES string of the molecule is CCOC(=O)CNC(=O)N(CC)C(CC)c1nc2ccccc2c(=O)n1-c1ccc(CC)cc1. The molecule has 1 N–H and O–H groups in total. The van der Waals surface area contributed by atoms with Gasteiger partial charge in [-0.1, -0.05) is 38.1 Å². The van der Waals surface area contributed by atoms with Crippen molar-refractivity contribution in [1.82, 2.24) is 19.8 Å². The first-order valence-electron chi connectivity index (χ1n) is 11.8. The van der Waals surface area contributed by atoms with E-state index in [1.165, 1.54) is 0 Å². The first-order valence-corrected chi connectivity index (χ1v) is 11.8. The van der Waals surface area contributed by atoms with Crippen LogP contribution in [-0.2, 0) is 16.0 Å². The van der Waals surface area contributed by atoms with Crippen molar-refractivity contribution in [1.29, 1.82) is 0 Å². The van der Waals surface area contributed by atoms with Gasteiger partial charge >= 0.3 is 12.0 Å². The Morgan fingerprint density at radius 1 is 1.06 bits per heavy atom. The minimum atomic E-state index is -0.503. The van der Waals surface area contributed by atoms with Crippen molar-refractivity contribution in [2.24, 2.45) is 0 Å². The molecule has 1 aromatic heterocycles. The molecule has 3 aromatic rings. The maximum absolute atomic E-state index is 13.6. The van der Waals surface area contributed by atoms with Crippen LogP contribution in [0.3, 0.4) is 0 Å².